The van der Waals surface area contributed by atoms with Gasteiger partial charge in [0.05, 0.1) is 11.1 Å². The van der Waals surface area contributed by atoms with Gasteiger partial charge in [-0.1, -0.05) is 0 Å². The molecule has 0 aromatic carbocycles. The highest BCUT2D eigenvalue weighted by Crippen LogP contribution is 2.28. The summed E-state index contributed by atoms with van der Waals surface area (Å²) in [6.07, 6.45) is 1.58. The Bertz CT molecular complexity index is 278. The summed E-state index contributed by atoms with van der Waals surface area (Å²) >= 11 is 6.51. The Hall–Kier alpha value is -0.130. The summed E-state index contributed by atoms with van der Waals surface area (Å²) in [6.45, 7) is -0.112. The predicted octanol–water partition coefficient (Wildman–Crippen LogP) is 1.68. The molecule has 11 heavy (non-hydrogen) atoms. The van der Waals surface area contributed by atoms with Gasteiger partial charge in [-0.25, -0.2) is 4.98 Å². The minimum absolute atomic E-state index is 0.112. The van der Waals surface area contributed by atoms with Crippen LogP contribution in [0.25, 0.3) is 0 Å². The zero-order chi connectivity index (χ0) is 8.43. The van der Waals surface area contributed by atoms with Crippen LogP contribution >= 0.6 is 31.9 Å². The van der Waals surface area contributed by atoms with Crippen LogP contribution in [0, 0.1) is 0 Å². The molecule has 1 heterocycles. The van der Waals surface area contributed by atoms with Crippen molar-refractivity contribution in [1.29, 1.82) is 0 Å². The van der Waals surface area contributed by atoms with Gasteiger partial charge in [0.15, 0.2) is 0 Å². The van der Waals surface area contributed by atoms with Crippen LogP contribution in [0.2, 0.25) is 0 Å². The summed E-state index contributed by atoms with van der Waals surface area (Å²) in [5.41, 5.74) is 6.09. The number of aliphatic hydroxyl groups is 1. The zero-order valence-electron chi connectivity index (χ0n) is 5.51. The van der Waals surface area contributed by atoms with Gasteiger partial charge < -0.3 is 10.8 Å². The Labute approximate surface area is 80.9 Å². The van der Waals surface area contributed by atoms with Crippen LogP contribution < -0.4 is 5.73 Å². The number of hydrogen-bond donors (Lipinski definition) is 2. The lowest BCUT2D eigenvalue weighted by molar-refractivity contribution is 0.281. The van der Waals surface area contributed by atoms with E-state index in [9.17, 15) is 0 Å². The molecule has 0 amide bonds. The number of hydrogen-bond acceptors (Lipinski definition) is 3. The van der Waals surface area contributed by atoms with E-state index in [4.69, 9.17) is 10.8 Å². The average Bonchev–Trinajstić information content (AvgIpc) is 1.99. The second-order valence-corrected chi connectivity index (χ2v) is 3.59. The molecule has 0 saturated heterocycles. The van der Waals surface area contributed by atoms with E-state index in [1.54, 1.807) is 6.20 Å². The van der Waals surface area contributed by atoms with Gasteiger partial charge in [-0.3, -0.25) is 0 Å². The number of anilines is 1. The molecule has 1 aromatic rings. The number of nitrogens with two attached hydrogens (primary N) is 1. The molecule has 0 fully saturated rings. The molecule has 1 rings (SSSR count). The maximum atomic E-state index is 8.85. The van der Waals surface area contributed by atoms with Crippen LogP contribution in [-0.4, -0.2) is 10.1 Å². The molecule has 0 aliphatic carbocycles. The molecule has 1 aromatic heterocycles. The lowest BCUT2D eigenvalue weighted by Gasteiger charge is -2.04. The highest BCUT2D eigenvalue weighted by molar-refractivity contribution is 9.13. The zero-order valence-corrected chi connectivity index (χ0v) is 8.68. The minimum Gasteiger partial charge on any atom is -0.391 e. The molecule has 0 radical (unpaired) electrons. The van der Waals surface area contributed by atoms with Crippen molar-refractivity contribution < 1.29 is 5.11 Å². The molecule has 5 heteroatoms. The third-order valence-corrected chi connectivity index (χ3v) is 3.30. The van der Waals surface area contributed by atoms with Crippen molar-refractivity contribution in [2.45, 2.75) is 6.61 Å². The Morgan fingerprint density at radius 3 is 2.64 bits per heavy atom. The molecule has 0 aliphatic rings. The Balaban J connectivity index is 3.29. The number of nitrogens with zero attached hydrogens (tertiary/aromatic N) is 1. The van der Waals surface area contributed by atoms with Crippen molar-refractivity contribution in [1.82, 2.24) is 4.98 Å². The Kier molecular flexibility index (Phi) is 2.86. The predicted molar refractivity (Wildman–Crippen MR) is 50.0 cm³/mol. The summed E-state index contributed by atoms with van der Waals surface area (Å²) in [4.78, 5) is 3.85. The molecule has 0 atom stereocenters. The van der Waals surface area contributed by atoms with Gasteiger partial charge in [0.25, 0.3) is 0 Å². The SMILES string of the molecule is Nc1ncc(Br)c(Br)c1CO. The maximum absolute atomic E-state index is 8.85. The van der Waals surface area contributed by atoms with Gasteiger partial charge in [-0.05, 0) is 31.9 Å². The Morgan fingerprint density at radius 1 is 1.55 bits per heavy atom. The summed E-state index contributed by atoms with van der Waals surface area (Å²) in [6, 6.07) is 0. The van der Waals surface area contributed by atoms with Gasteiger partial charge in [0, 0.05) is 16.2 Å². The highest BCUT2D eigenvalue weighted by Gasteiger charge is 2.07. The lowest BCUT2D eigenvalue weighted by Crippen LogP contribution is -1.98. The van der Waals surface area contributed by atoms with Gasteiger partial charge >= 0.3 is 0 Å². The van der Waals surface area contributed by atoms with Crippen LogP contribution in [0.3, 0.4) is 0 Å². The van der Waals surface area contributed by atoms with Crippen molar-refractivity contribution >= 4 is 37.7 Å². The highest BCUT2D eigenvalue weighted by atomic mass is 79.9. The second kappa shape index (κ2) is 3.51. The van der Waals surface area contributed by atoms with Crippen molar-refractivity contribution in [3.63, 3.8) is 0 Å². The van der Waals surface area contributed by atoms with Crippen molar-refractivity contribution in [3.05, 3.63) is 20.7 Å². The lowest BCUT2D eigenvalue weighted by atomic mass is 10.3. The minimum atomic E-state index is -0.112. The van der Waals surface area contributed by atoms with Crippen LogP contribution in [0.15, 0.2) is 15.1 Å². The molecule has 60 valence electrons. The fourth-order valence-corrected chi connectivity index (χ4v) is 1.44. The quantitative estimate of drug-likeness (QED) is 0.823. The summed E-state index contributed by atoms with van der Waals surface area (Å²) in [5.74, 6) is 0.350. The van der Waals surface area contributed by atoms with Crippen LogP contribution in [0.4, 0.5) is 5.82 Å². The second-order valence-electron chi connectivity index (χ2n) is 1.94. The molecule has 0 spiro atoms. The van der Waals surface area contributed by atoms with E-state index in [2.05, 4.69) is 36.8 Å². The third-order valence-electron chi connectivity index (χ3n) is 1.26. The van der Waals surface area contributed by atoms with Crippen molar-refractivity contribution in [2.75, 3.05) is 5.73 Å². The first kappa shape index (κ1) is 8.96. The van der Waals surface area contributed by atoms with E-state index in [1.165, 1.54) is 0 Å². The summed E-state index contributed by atoms with van der Waals surface area (Å²) < 4.78 is 1.54. The number of rotatable bonds is 1. The van der Waals surface area contributed by atoms with E-state index >= 15 is 0 Å². The molecule has 0 saturated carbocycles. The van der Waals surface area contributed by atoms with Gasteiger partial charge in [-0.15, -0.1) is 0 Å². The number of aromatic nitrogens is 1. The number of nitrogen functional groups attached to an aromatic ring is 1. The van der Waals surface area contributed by atoms with E-state index in [0.717, 1.165) is 8.95 Å². The van der Waals surface area contributed by atoms with Gasteiger partial charge in [-0.2, -0.15) is 0 Å². The normalized spacial score (nSPS) is 10.1. The molecular weight excluding hydrogens is 276 g/mol. The summed E-state index contributed by atoms with van der Waals surface area (Å²) in [7, 11) is 0. The van der Waals surface area contributed by atoms with E-state index in [-0.39, 0.29) is 6.61 Å². The van der Waals surface area contributed by atoms with E-state index in [1.807, 2.05) is 0 Å². The largest absolute Gasteiger partial charge is 0.391 e. The van der Waals surface area contributed by atoms with Crippen LogP contribution in [0.1, 0.15) is 5.56 Å². The molecular formula is C6H6Br2N2O. The molecule has 3 nitrogen and oxygen atoms in total. The van der Waals surface area contributed by atoms with Gasteiger partial charge in [0.1, 0.15) is 5.82 Å². The van der Waals surface area contributed by atoms with E-state index < -0.39 is 0 Å². The number of aliphatic hydroxyl groups excluding tert-OH is 1. The maximum Gasteiger partial charge on any atom is 0.130 e. The smallest absolute Gasteiger partial charge is 0.130 e. The van der Waals surface area contributed by atoms with Crippen molar-refractivity contribution in [3.8, 4) is 0 Å². The third kappa shape index (κ3) is 1.72. The Morgan fingerprint density at radius 2 is 2.18 bits per heavy atom. The van der Waals surface area contributed by atoms with Gasteiger partial charge in [0.2, 0.25) is 0 Å². The molecule has 0 unspecified atom stereocenters. The van der Waals surface area contributed by atoms with E-state index in [0.29, 0.717) is 11.4 Å². The first-order valence-corrected chi connectivity index (χ1v) is 4.44. The summed E-state index contributed by atoms with van der Waals surface area (Å²) in [5, 5.41) is 8.85. The molecule has 0 bridgehead atoms. The number of pyridine rings is 1. The average molecular weight is 282 g/mol. The fraction of sp³-hybridized carbons (Fsp3) is 0.167. The molecule has 3 N–H and O–H groups in total. The first-order valence-electron chi connectivity index (χ1n) is 2.86. The monoisotopic (exact) mass is 280 g/mol. The van der Waals surface area contributed by atoms with Crippen LogP contribution in [0.5, 0.6) is 0 Å². The topological polar surface area (TPSA) is 59.1 Å². The van der Waals surface area contributed by atoms with Crippen LogP contribution in [-0.2, 0) is 6.61 Å². The standard InChI is InChI=1S/C6H6Br2N2O/c7-4-1-10-6(9)3(2-11)5(4)8/h1,11H,2H2,(H2,9,10). The molecule has 0 aliphatic heterocycles. The fourth-order valence-electron chi connectivity index (χ4n) is 0.668. The number of halogens is 2. The first-order chi connectivity index (χ1) is 5.16. The van der Waals surface area contributed by atoms with Crippen molar-refractivity contribution in [2.24, 2.45) is 0 Å².